The van der Waals surface area contributed by atoms with Crippen LogP contribution in [0.3, 0.4) is 0 Å². The van der Waals surface area contributed by atoms with Crippen molar-refractivity contribution in [3.05, 3.63) is 0 Å². The molecule has 0 rings (SSSR count). The molecule has 0 aliphatic carbocycles. The zero-order chi connectivity index (χ0) is 14.6. The number of hydrogen-bond acceptors (Lipinski definition) is 6. The molecule has 0 amide bonds. The van der Waals surface area contributed by atoms with Gasteiger partial charge in [-0.05, 0) is 6.92 Å². The highest BCUT2D eigenvalue weighted by molar-refractivity contribution is 6.27. The molecule has 0 aliphatic heterocycles. The predicted octanol–water partition coefficient (Wildman–Crippen LogP) is -2.33. The zero-order valence-electron chi connectivity index (χ0n) is 8.60. The van der Waals surface area contributed by atoms with Gasteiger partial charge in [0.05, 0.1) is 12.7 Å². The van der Waals surface area contributed by atoms with E-state index in [1.54, 1.807) is 0 Å². The Kier molecular flexibility index (Phi) is 14.1. The van der Waals surface area contributed by atoms with E-state index in [0.717, 1.165) is 0 Å². The topological polar surface area (TPSA) is 190 Å². The van der Waals surface area contributed by atoms with Gasteiger partial charge in [0.25, 0.3) is 0 Å². The quantitative estimate of drug-likeness (QED) is 0.277. The van der Waals surface area contributed by atoms with Crippen LogP contribution in [0.15, 0.2) is 0 Å². The first kappa shape index (κ1) is 20.2. The van der Waals surface area contributed by atoms with Crippen LogP contribution in [0, 0.1) is 0 Å². The standard InChI is InChI=1S/C3H8O2.2C2H2O4/c1-3(5)2-4;2*3-1(4)2(5)6/h3-5H,2H2,1H3;2*(H,3,4)(H,5,6). The van der Waals surface area contributed by atoms with E-state index in [4.69, 9.17) is 49.8 Å². The van der Waals surface area contributed by atoms with Crippen molar-refractivity contribution in [2.75, 3.05) is 6.61 Å². The molecule has 0 aliphatic rings. The van der Waals surface area contributed by atoms with Gasteiger partial charge in [0, 0.05) is 0 Å². The number of aliphatic hydroxyl groups is 2. The second kappa shape index (κ2) is 11.9. The van der Waals surface area contributed by atoms with Crippen LogP contribution in [-0.2, 0) is 19.2 Å². The van der Waals surface area contributed by atoms with E-state index >= 15 is 0 Å². The Morgan fingerprint density at radius 3 is 0.941 bits per heavy atom. The van der Waals surface area contributed by atoms with Crippen LogP contribution in [-0.4, -0.2) is 67.2 Å². The lowest BCUT2D eigenvalue weighted by atomic mass is 10.5. The lowest BCUT2D eigenvalue weighted by molar-refractivity contribution is -0.159. The molecule has 0 aromatic heterocycles. The van der Waals surface area contributed by atoms with Gasteiger partial charge in [0.1, 0.15) is 0 Å². The number of aliphatic hydroxyl groups excluding tert-OH is 2. The molecule has 1 atom stereocenters. The Morgan fingerprint density at radius 1 is 0.824 bits per heavy atom. The van der Waals surface area contributed by atoms with Crippen LogP contribution < -0.4 is 0 Å². The van der Waals surface area contributed by atoms with Gasteiger partial charge in [-0.3, -0.25) is 0 Å². The van der Waals surface area contributed by atoms with Crippen LogP contribution in [0.1, 0.15) is 6.92 Å². The van der Waals surface area contributed by atoms with Gasteiger partial charge in [-0.15, -0.1) is 0 Å². The van der Waals surface area contributed by atoms with Gasteiger partial charge in [-0.25, -0.2) is 19.2 Å². The van der Waals surface area contributed by atoms with Gasteiger partial charge >= 0.3 is 23.9 Å². The van der Waals surface area contributed by atoms with Crippen LogP contribution in [0.2, 0.25) is 0 Å². The van der Waals surface area contributed by atoms with E-state index in [-0.39, 0.29) is 6.61 Å². The lowest BCUT2D eigenvalue weighted by Gasteiger charge is -1.90. The third-order valence-corrected chi connectivity index (χ3v) is 0.630. The highest BCUT2D eigenvalue weighted by Gasteiger charge is 2.04. The second-order valence-electron chi connectivity index (χ2n) is 2.25. The van der Waals surface area contributed by atoms with Crippen molar-refractivity contribution < 1.29 is 49.8 Å². The Bertz CT molecular complexity index is 220. The molecule has 1 unspecified atom stereocenters. The second-order valence-corrected chi connectivity index (χ2v) is 2.25. The normalized spacial score (nSPS) is 9.59. The molecule has 17 heavy (non-hydrogen) atoms. The van der Waals surface area contributed by atoms with Crippen molar-refractivity contribution in [3.63, 3.8) is 0 Å². The maximum Gasteiger partial charge on any atom is 0.414 e. The summed E-state index contributed by atoms with van der Waals surface area (Å²) >= 11 is 0. The van der Waals surface area contributed by atoms with Crippen molar-refractivity contribution in [3.8, 4) is 0 Å². The smallest absolute Gasteiger partial charge is 0.414 e. The van der Waals surface area contributed by atoms with E-state index in [1.807, 2.05) is 0 Å². The molecule has 0 saturated carbocycles. The van der Waals surface area contributed by atoms with Crippen LogP contribution >= 0.6 is 0 Å². The fourth-order valence-corrected chi connectivity index (χ4v) is 0. The van der Waals surface area contributed by atoms with Crippen molar-refractivity contribution in [1.82, 2.24) is 0 Å². The first-order chi connectivity index (χ1) is 7.56. The molecule has 100 valence electrons. The maximum absolute atomic E-state index is 9.10. The molecule has 10 nitrogen and oxygen atoms in total. The monoisotopic (exact) mass is 256 g/mol. The van der Waals surface area contributed by atoms with Crippen molar-refractivity contribution >= 4 is 23.9 Å². The number of hydrogen-bond donors (Lipinski definition) is 6. The first-order valence-electron chi connectivity index (χ1n) is 3.77. The minimum Gasteiger partial charge on any atom is -0.473 e. The van der Waals surface area contributed by atoms with Gasteiger partial charge < -0.3 is 30.6 Å². The first-order valence-corrected chi connectivity index (χ1v) is 3.77. The minimum atomic E-state index is -1.82. The average molecular weight is 256 g/mol. The lowest BCUT2D eigenvalue weighted by Crippen LogP contribution is -2.09. The van der Waals surface area contributed by atoms with Crippen molar-refractivity contribution in [2.24, 2.45) is 0 Å². The SMILES string of the molecule is CC(O)CO.O=C(O)C(=O)O.O=C(O)C(=O)O. The molecule has 0 radical (unpaired) electrons. The van der Waals surface area contributed by atoms with Crippen molar-refractivity contribution in [1.29, 1.82) is 0 Å². The Morgan fingerprint density at radius 2 is 0.941 bits per heavy atom. The average Bonchev–Trinajstić information content (AvgIpc) is 2.19. The molecular formula is C7H12O10. The van der Waals surface area contributed by atoms with Gasteiger partial charge in [0.15, 0.2) is 0 Å². The summed E-state index contributed by atoms with van der Waals surface area (Å²) in [5.74, 6) is -7.30. The van der Waals surface area contributed by atoms with E-state index in [0.29, 0.717) is 0 Å². The predicted molar refractivity (Wildman–Crippen MR) is 49.3 cm³/mol. The third kappa shape index (κ3) is 31.6. The maximum atomic E-state index is 9.10. The summed E-state index contributed by atoms with van der Waals surface area (Å²) < 4.78 is 0. The Balaban J connectivity index is -0.000000174. The molecular weight excluding hydrogens is 244 g/mol. The fraction of sp³-hybridized carbons (Fsp3) is 0.429. The van der Waals surface area contributed by atoms with Crippen LogP contribution in [0.5, 0.6) is 0 Å². The number of carbonyl (C=O) groups is 4. The minimum absolute atomic E-state index is 0.139. The largest absolute Gasteiger partial charge is 0.473 e. The molecule has 0 fully saturated rings. The summed E-state index contributed by atoms with van der Waals surface area (Å²) in [6.07, 6.45) is -0.560. The molecule has 0 spiro atoms. The third-order valence-electron chi connectivity index (χ3n) is 0.630. The number of aliphatic carboxylic acids is 4. The summed E-state index contributed by atoms with van der Waals surface area (Å²) in [6.45, 7) is 1.39. The highest BCUT2D eigenvalue weighted by Crippen LogP contribution is 1.68. The van der Waals surface area contributed by atoms with E-state index < -0.39 is 30.0 Å². The van der Waals surface area contributed by atoms with Gasteiger partial charge in [-0.2, -0.15) is 0 Å². The summed E-state index contributed by atoms with van der Waals surface area (Å²) in [7, 11) is 0. The number of carboxylic acids is 4. The molecule has 0 aromatic rings. The van der Waals surface area contributed by atoms with Crippen LogP contribution in [0.4, 0.5) is 0 Å². The van der Waals surface area contributed by atoms with E-state index in [2.05, 4.69) is 0 Å². The van der Waals surface area contributed by atoms with Crippen LogP contribution in [0.25, 0.3) is 0 Å². The molecule has 0 bridgehead atoms. The van der Waals surface area contributed by atoms with Gasteiger partial charge in [0.2, 0.25) is 0 Å². The fourth-order valence-electron chi connectivity index (χ4n) is 0. The van der Waals surface area contributed by atoms with Gasteiger partial charge in [-0.1, -0.05) is 0 Å². The molecule has 0 aromatic carbocycles. The van der Waals surface area contributed by atoms with Crippen molar-refractivity contribution in [2.45, 2.75) is 13.0 Å². The summed E-state index contributed by atoms with van der Waals surface area (Å²) in [6, 6.07) is 0. The molecule has 0 saturated heterocycles. The Labute approximate surface area is 94.4 Å². The summed E-state index contributed by atoms with van der Waals surface area (Å²) in [4.78, 5) is 36.4. The molecule has 10 heteroatoms. The summed E-state index contributed by atoms with van der Waals surface area (Å²) in [5, 5.41) is 45.6. The highest BCUT2D eigenvalue weighted by atomic mass is 16.4. The summed E-state index contributed by atoms with van der Waals surface area (Å²) in [5.41, 5.74) is 0. The number of rotatable bonds is 1. The van der Waals surface area contributed by atoms with E-state index in [9.17, 15) is 0 Å². The molecule has 0 heterocycles. The van der Waals surface area contributed by atoms with E-state index in [1.165, 1.54) is 6.92 Å². The number of carboxylic acid groups (broad SMARTS) is 4. The zero-order valence-corrected chi connectivity index (χ0v) is 8.60. The molecule has 6 N–H and O–H groups in total. The Hall–Kier alpha value is -2.20.